The fraction of sp³-hybridized carbons (Fsp3) is 0.174. The third-order valence-electron chi connectivity index (χ3n) is 4.55. The van der Waals surface area contributed by atoms with Gasteiger partial charge in [0.25, 0.3) is 11.5 Å². The molecule has 0 aliphatic rings. The Morgan fingerprint density at radius 2 is 1.69 bits per heavy atom. The highest BCUT2D eigenvalue weighted by molar-refractivity contribution is 6.11. The first kappa shape index (κ1) is 20.2. The monoisotopic (exact) mass is 392 g/mol. The van der Waals surface area contributed by atoms with Gasteiger partial charge in [-0.25, -0.2) is 4.39 Å². The highest BCUT2D eigenvalue weighted by Crippen LogP contribution is 2.15. The molecule has 0 aliphatic heterocycles. The van der Waals surface area contributed by atoms with Crippen molar-refractivity contribution in [3.63, 3.8) is 0 Å². The number of aryl methyl sites for hydroxylation is 1. The molecule has 0 bridgehead atoms. The number of hydrogen-bond donors (Lipinski definition) is 1. The van der Waals surface area contributed by atoms with Gasteiger partial charge in [-0.2, -0.15) is 0 Å². The Kier molecular flexibility index (Phi) is 6.34. The summed E-state index contributed by atoms with van der Waals surface area (Å²) in [6.45, 7) is 2.08. The van der Waals surface area contributed by atoms with Crippen LogP contribution in [-0.2, 0) is 11.2 Å². The maximum atomic E-state index is 13.2. The van der Waals surface area contributed by atoms with E-state index in [2.05, 4.69) is 5.32 Å². The van der Waals surface area contributed by atoms with Crippen molar-refractivity contribution in [2.75, 3.05) is 6.54 Å². The minimum Gasteiger partial charge on any atom is -0.354 e. The van der Waals surface area contributed by atoms with E-state index in [9.17, 15) is 18.8 Å². The number of benzene rings is 2. The summed E-state index contributed by atoms with van der Waals surface area (Å²) in [4.78, 5) is 38.3. The topological polar surface area (TPSA) is 68.2 Å². The van der Waals surface area contributed by atoms with Gasteiger partial charge in [-0.05, 0) is 48.7 Å². The van der Waals surface area contributed by atoms with Gasteiger partial charge in [-0.3, -0.25) is 19.0 Å². The van der Waals surface area contributed by atoms with Crippen LogP contribution in [0.25, 0.3) is 0 Å². The molecule has 6 heteroatoms. The van der Waals surface area contributed by atoms with Crippen LogP contribution in [0.4, 0.5) is 4.39 Å². The molecule has 1 amide bonds. The maximum Gasteiger partial charge on any atom is 0.251 e. The van der Waals surface area contributed by atoms with E-state index >= 15 is 0 Å². The predicted molar refractivity (Wildman–Crippen MR) is 108 cm³/mol. The first-order valence-electron chi connectivity index (χ1n) is 9.26. The highest BCUT2D eigenvalue weighted by Gasteiger charge is 2.30. The van der Waals surface area contributed by atoms with Gasteiger partial charge in [0.2, 0.25) is 0 Å². The lowest BCUT2D eigenvalue weighted by molar-refractivity contribution is -0.123. The Labute approximate surface area is 167 Å². The summed E-state index contributed by atoms with van der Waals surface area (Å²) in [6, 6.07) is 16.1. The second-order valence-corrected chi connectivity index (χ2v) is 6.75. The molecule has 0 saturated heterocycles. The number of nitrogens with one attached hydrogen (secondary N) is 1. The number of carbonyl (C=O) groups is 2. The number of aromatic nitrogens is 1. The average molecular weight is 392 g/mol. The van der Waals surface area contributed by atoms with Gasteiger partial charge in [0.15, 0.2) is 11.8 Å². The first-order chi connectivity index (χ1) is 14.0. The van der Waals surface area contributed by atoms with Gasteiger partial charge in [0, 0.05) is 24.4 Å². The smallest absolute Gasteiger partial charge is 0.251 e. The average Bonchev–Trinajstić information content (AvgIpc) is 2.72. The van der Waals surface area contributed by atoms with Crippen molar-refractivity contribution in [2.24, 2.45) is 0 Å². The van der Waals surface area contributed by atoms with E-state index in [4.69, 9.17) is 0 Å². The van der Waals surface area contributed by atoms with Gasteiger partial charge >= 0.3 is 0 Å². The van der Waals surface area contributed by atoms with Crippen molar-refractivity contribution in [1.29, 1.82) is 0 Å². The summed E-state index contributed by atoms with van der Waals surface area (Å²) in [5.74, 6) is -1.64. The molecule has 3 rings (SSSR count). The van der Waals surface area contributed by atoms with Gasteiger partial charge in [-0.15, -0.1) is 0 Å². The Bertz CT molecular complexity index is 1060. The van der Waals surface area contributed by atoms with Crippen LogP contribution in [0.2, 0.25) is 0 Å². The second kappa shape index (κ2) is 9.10. The maximum absolute atomic E-state index is 13.2. The number of nitrogens with zero attached hydrogens (tertiary/aromatic N) is 1. The Balaban J connectivity index is 1.86. The fourth-order valence-corrected chi connectivity index (χ4v) is 3.03. The molecular weight excluding hydrogens is 371 g/mol. The third-order valence-corrected chi connectivity index (χ3v) is 4.55. The molecule has 0 aliphatic carbocycles. The molecular formula is C23H21FN2O3. The van der Waals surface area contributed by atoms with Gasteiger partial charge in [-0.1, -0.05) is 36.4 Å². The van der Waals surface area contributed by atoms with E-state index in [1.165, 1.54) is 24.4 Å². The summed E-state index contributed by atoms with van der Waals surface area (Å²) < 4.78 is 14.4. The molecule has 0 unspecified atom stereocenters. The Hall–Kier alpha value is -3.54. The van der Waals surface area contributed by atoms with Crippen molar-refractivity contribution in [1.82, 2.24) is 9.88 Å². The number of carbonyl (C=O) groups excluding carboxylic acids is 2. The number of pyridine rings is 1. The number of amides is 1. The van der Waals surface area contributed by atoms with Crippen LogP contribution in [0.5, 0.6) is 0 Å². The van der Waals surface area contributed by atoms with Crippen molar-refractivity contribution in [3.05, 3.63) is 106 Å². The minimum atomic E-state index is -1.37. The lowest BCUT2D eigenvalue weighted by Gasteiger charge is -2.19. The first-order valence-corrected chi connectivity index (χ1v) is 9.26. The van der Waals surface area contributed by atoms with E-state index < -0.39 is 29.1 Å². The number of ketones is 1. The molecule has 1 N–H and O–H groups in total. The van der Waals surface area contributed by atoms with Crippen LogP contribution >= 0.6 is 0 Å². The van der Waals surface area contributed by atoms with E-state index in [1.54, 1.807) is 13.0 Å². The Morgan fingerprint density at radius 3 is 2.38 bits per heavy atom. The molecule has 0 radical (unpaired) electrons. The SMILES string of the molecule is Cc1ccc(=O)n([C@H](C(=O)NCCc2ccccc2)C(=O)c2ccc(F)cc2)c1. The van der Waals surface area contributed by atoms with Crippen LogP contribution in [0.15, 0.2) is 77.7 Å². The van der Waals surface area contributed by atoms with E-state index in [1.807, 2.05) is 30.3 Å². The highest BCUT2D eigenvalue weighted by atomic mass is 19.1. The molecule has 29 heavy (non-hydrogen) atoms. The standard InChI is InChI=1S/C23H21FN2O3/c1-16-7-12-20(27)26(15-16)21(22(28)18-8-10-19(24)11-9-18)23(29)25-14-13-17-5-3-2-4-6-17/h2-12,15,21H,13-14H2,1H3,(H,25,29)/t21-/m0/s1. The van der Waals surface area contributed by atoms with Crippen LogP contribution < -0.4 is 10.9 Å². The quantitative estimate of drug-likeness (QED) is 0.496. The molecule has 0 saturated carbocycles. The van der Waals surface area contributed by atoms with Crippen LogP contribution in [0, 0.1) is 12.7 Å². The second-order valence-electron chi connectivity index (χ2n) is 6.75. The lowest BCUT2D eigenvalue weighted by atomic mass is 10.0. The zero-order chi connectivity index (χ0) is 20.8. The minimum absolute atomic E-state index is 0.156. The molecule has 1 atom stereocenters. The van der Waals surface area contributed by atoms with Crippen molar-refractivity contribution < 1.29 is 14.0 Å². The molecule has 3 aromatic rings. The summed E-state index contributed by atoms with van der Waals surface area (Å²) in [7, 11) is 0. The largest absolute Gasteiger partial charge is 0.354 e. The van der Waals surface area contributed by atoms with E-state index in [-0.39, 0.29) is 5.56 Å². The fourth-order valence-electron chi connectivity index (χ4n) is 3.03. The third kappa shape index (κ3) is 5.04. The number of halogens is 1. The molecule has 2 aromatic carbocycles. The van der Waals surface area contributed by atoms with Crippen LogP contribution in [0.1, 0.15) is 27.5 Å². The molecule has 5 nitrogen and oxygen atoms in total. The molecule has 1 heterocycles. The van der Waals surface area contributed by atoms with Gasteiger partial charge in [0.05, 0.1) is 0 Å². The molecule has 1 aromatic heterocycles. The summed E-state index contributed by atoms with van der Waals surface area (Å²) in [5.41, 5.74) is 1.47. The molecule has 148 valence electrons. The number of rotatable bonds is 7. The normalized spacial score (nSPS) is 11.7. The zero-order valence-corrected chi connectivity index (χ0v) is 16.0. The van der Waals surface area contributed by atoms with Crippen LogP contribution in [-0.4, -0.2) is 22.8 Å². The summed E-state index contributed by atoms with van der Waals surface area (Å²) >= 11 is 0. The van der Waals surface area contributed by atoms with E-state index in [0.717, 1.165) is 27.8 Å². The number of hydrogen-bond acceptors (Lipinski definition) is 3. The lowest BCUT2D eigenvalue weighted by Crippen LogP contribution is -2.42. The summed E-state index contributed by atoms with van der Waals surface area (Å²) in [5, 5.41) is 2.74. The molecule has 0 fully saturated rings. The van der Waals surface area contributed by atoms with Crippen molar-refractivity contribution in [2.45, 2.75) is 19.4 Å². The number of Topliss-reactive ketones (excluding diaryl/α,β-unsaturated/α-hetero) is 1. The zero-order valence-electron chi connectivity index (χ0n) is 16.0. The Morgan fingerprint density at radius 1 is 1.00 bits per heavy atom. The van der Waals surface area contributed by atoms with Crippen LogP contribution in [0.3, 0.4) is 0 Å². The molecule has 0 spiro atoms. The summed E-state index contributed by atoms with van der Waals surface area (Å²) in [6.07, 6.45) is 2.07. The van der Waals surface area contributed by atoms with Gasteiger partial charge < -0.3 is 5.32 Å². The van der Waals surface area contributed by atoms with Gasteiger partial charge in [0.1, 0.15) is 5.82 Å². The van der Waals surface area contributed by atoms with Crippen molar-refractivity contribution >= 4 is 11.7 Å². The van der Waals surface area contributed by atoms with E-state index in [0.29, 0.717) is 13.0 Å². The predicted octanol–water partition coefficient (Wildman–Crippen LogP) is 3.08. The van der Waals surface area contributed by atoms with Crippen molar-refractivity contribution in [3.8, 4) is 0 Å².